The molecule has 0 amide bonds. The zero-order valence-corrected chi connectivity index (χ0v) is 11.5. The highest BCUT2D eigenvalue weighted by atomic mass is 16.5. The van der Waals surface area contributed by atoms with E-state index in [4.69, 9.17) is 4.74 Å². The average Bonchev–Trinajstić information content (AvgIpc) is 3.05. The summed E-state index contributed by atoms with van der Waals surface area (Å²) in [5, 5.41) is 3.50. The topological polar surface area (TPSA) is 21.3 Å². The van der Waals surface area contributed by atoms with Gasteiger partial charge in [-0.15, -0.1) is 0 Å². The summed E-state index contributed by atoms with van der Waals surface area (Å²) >= 11 is 0. The summed E-state index contributed by atoms with van der Waals surface area (Å²) in [6.45, 7) is 13.1. The van der Waals surface area contributed by atoms with Gasteiger partial charge in [-0.3, -0.25) is 0 Å². The number of rotatable bonds is 9. The van der Waals surface area contributed by atoms with Crippen LogP contribution in [0.1, 0.15) is 47.0 Å². The average molecular weight is 227 g/mol. The third kappa shape index (κ3) is 4.84. The molecular weight excluding hydrogens is 198 g/mol. The van der Waals surface area contributed by atoms with E-state index in [0.717, 1.165) is 32.2 Å². The predicted molar refractivity (Wildman–Crippen MR) is 69.6 cm³/mol. The molecule has 1 N–H and O–H groups in total. The molecule has 0 spiro atoms. The molecule has 2 heteroatoms. The molecule has 1 atom stereocenters. The molecule has 96 valence electrons. The van der Waals surface area contributed by atoms with Crippen LogP contribution in [0.5, 0.6) is 0 Å². The lowest BCUT2D eigenvalue weighted by Gasteiger charge is -2.30. The van der Waals surface area contributed by atoms with Gasteiger partial charge in [-0.05, 0) is 43.1 Å². The Balaban J connectivity index is 2.22. The van der Waals surface area contributed by atoms with Gasteiger partial charge in [-0.25, -0.2) is 0 Å². The summed E-state index contributed by atoms with van der Waals surface area (Å²) in [6.07, 6.45) is 4.05. The second-order valence-electron chi connectivity index (χ2n) is 5.93. The summed E-state index contributed by atoms with van der Waals surface area (Å²) in [6, 6.07) is 0. The first-order chi connectivity index (χ1) is 7.58. The minimum Gasteiger partial charge on any atom is -0.381 e. The van der Waals surface area contributed by atoms with Crippen LogP contribution >= 0.6 is 0 Å². The Labute approximate surface area is 101 Å². The first-order valence-electron chi connectivity index (χ1n) is 6.87. The third-order valence-corrected chi connectivity index (χ3v) is 3.61. The summed E-state index contributed by atoms with van der Waals surface area (Å²) in [5.74, 6) is 1.59. The fraction of sp³-hybridized carbons (Fsp3) is 1.00. The van der Waals surface area contributed by atoms with E-state index in [1.54, 1.807) is 0 Å². The molecular formula is C14H29NO. The molecule has 2 nitrogen and oxygen atoms in total. The molecule has 0 aromatic heterocycles. The fourth-order valence-electron chi connectivity index (χ4n) is 2.25. The Kier molecular flexibility index (Phi) is 5.77. The second kappa shape index (κ2) is 6.61. The molecule has 0 aromatic carbocycles. The normalized spacial score (nSPS) is 20.1. The Bertz CT molecular complexity index is 189. The quantitative estimate of drug-likeness (QED) is 0.611. The summed E-state index contributed by atoms with van der Waals surface area (Å²) in [5.41, 5.74) is 0.465. The van der Waals surface area contributed by atoms with E-state index >= 15 is 0 Å². The summed E-state index contributed by atoms with van der Waals surface area (Å²) < 4.78 is 5.72. The van der Waals surface area contributed by atoms with Crippen molar-refractivity contribution in [3.8, 4) is 0 Å². The van der Waals surface area contributed by atoms with Crippen LogP contribution in [0.15, 0.2) is 0 Å². The molecule has 0 bridgehead atoms. The highest BCUT2D eigenvalue weighted by Gasteiger charge is 2.40. The Morgan fingerprint density at radius 2 is 2.06 bits per heavy atom. The molecule has 1 fully saturated rings. The van der Waals surface area contributed by atoms with Gasteiger partial charge in [0.25, 0.3) is 0 Å². The van der Waals surface area contributed by atoms with Crippen LogP contribution in [0.2, 0.25) is 0 Å². The number of hydrogen-bond acceptors (Lipinski definition) is 2. The molecule has 1 aliphatic carbocycles. The second-order valence-corrected chi connectivity index (χ2v) is 5.93. The molecule has 0 aromatic rings. The molecule has 0 radical (unpaired) electrons. The van der Waals surface area contributed by atoms with Gasteiger partial charge in [0.2, 0.25) is 0 Å². The molecule has 1 saturated carbocycles. The van der Waals surface area contributed by atoms with E-state index in [0.29, 0.717) is 11.3 Å². The SMILES string of the molecule is CCNCC(C)(CCOCC(C)C)C1CC1. The first kappa shape index (κ1) is 14.0. The molecule has 1 rings (SSSR count). The molecule has 0 aliphatic heterocycles. The van der Waals surface area contributed by atoms with E-state index in [1.165, 1.54) is 19.3 Å². The molecule has 0 heterocycles. The largest absolute Gasteiger partial charge is 0.381 e. The van der Waals surface area contributed by atoms with E-state index in [2.05, 4.69) is 33.0 Å². The van der Waals surface area contributed by atoms with E-state index in [-0.39, 0.29) is 0 Å². The van der Waals surface area contributed by atoms with Crippen molar-refractivity contribution in [2.24, 2.45) is 17.3 Å². The van der Waals surface area contributed by atoms with Gasteiger partial charge in [0.15, 0.2) is 0 Å². The zero-order valence-electron chi connectivity index (χ0n) is 11.5. The predicted octanol–water partition coefficient (Wildman–Crippen LogP) is 3.07. The monoisotopic (exact) mass is 227 g/mol. The van der Waals surface area contributed by atoms with Crippen LogP contribution in [-0.2, 0) is 4.74 Å². The van der Waals surface area contributed by atoms with Crippen LogP contribution < -0.4 is 5.32 Å². The fourth-order valence-corrected chi connectivity index (χ4v) is 2.25. The van der Waals surface area contributed by atoms with Crippen LogP contribution in [0.4, 0.5) is 0 Å². The van der Waals surface area contributed by atoms with Crippen molar-refractivity contribution in [2.75, 3.05) is 26.3 Å². The van der Waals surface area contributed by atoms with Crippen LogP contribution in [-0.4, -0.2) is 26.3 Å². The Morgan fingerprint density at radius 3 is 2.56 bits per heavy atom. The summed E-state index contributed by atoms with van der Waals surface area (Å²) in [7, 11) is 0. The standard InChI is InChI=1S/C14H29NO/c1-5-15-11-14(4,13-6-7-13)8-9-16-10-12(2)3/h12-13,15H,5-11H2,1-4H3. The van der Waals surface area contributed by atoms with Crippen LogP contribution in [0.25, 0.3) is 0 Å². The van der Waals surface area contributed by atoms with Crippen molar-refractivity contribution in [2.45, 2.75) is 47.0 Å². The van der Waals surface area contributed by atoms with Gasteiger partial charge >= 0.3 is 0 Å². The lowest BCUT2D eigenvalue weighted by atomic mass is 9.81. The van der Waals surface area contributed by atoms with Crippen molar-refractivity contribution >= 4 is 0 Å². The van der Waals surface area contributed by atoms with Gasteiger partial charge in [0, 0.05) is 19.8 Å². The maximum atomic E-state index is 5.72. The highest BCUT2D eigenvalue weighted by Crippen LogP contribution is 2.47. The van der Waals surface area contributed by atoms with Gasteiger partial charge in [-0.2, -0.15) is 0 Å². The maximum Gasteiger partial charge on any atom is 0.0488 e. The van der Waals surface area contributed by atoms with Gasteiger partial charge in [0.1, 0.15) is 0 Å². The Morgan fingerprint density at radius 1 is 1.38 bits per heavy atom. The van der Waals surface area contributed by atoms with E-state index < -0.39 is 0 Å². The third-order valence-electron chi connectivity index (χ3n) is 3.61. The van der Waals surface area contributed by atoms with E-state index in [9.17, 15) is 0 Å². The van der Waals surface area contributed by atoms with Gasteiger partial charge in [-0.1, -0.05) is 27.7 Å². The first-order valence-corrected chi connectivity index (χ1v) is 6.87. The van der Waals surface area contributed by atoms with Crippen molar-refractivity contribution in [3.63, 3.8) is 0 Å². The minimum atomic E-state index is 0.465. The van der Waals surface area contributed by atoms with Crippen molar-refractivity contribution in [1.29, 1.82) is 0 Å². The Hall–Kier alpha value is -0.0800. The highest BCUT2D eigenvalue weighted by molar-refractivity contribution is 4.92. The number of nitrogens with one attached hydrogen (secondary N) is 1. The number of ether oxygens (including phenoxy) is 1. The van der Waals surface area contributed by atoms with Crippen LogP contribution in [0, 0.1) is 17.3 Å². The van der Waals surface area contributed by atoms with Gasteiger partial charge in [0.05, 0.1) is 0 Å². The lowest BCUT2D eigenvalue weighted by molar-refractivity contribution is 0.0738. The van der Waals surface area contributed by atoms with Crippen LogP contribution in [0.3, 0.4) is 0 Å². The lowest BCUT2D eigenvalue weighted by Crippen LogP contribution is -2.34. The maximum absolute atomic E-state index is 5.72. The minimum absolute atomic E-state index is 0.465. The van der Waals surface area contributed by atoms with Crippen molar-refractivity contribution in [3.05, 3.63) is 0 Å². The number of hydrogen-bond donors (Lipinski definition) is 1. The summed E-state index contributed by atoms with van der Waals surface area (Å²) in [4.78, 5) is 0. The van der Waals surface area contributed by atoms with Crippen molar-refractivity contribution < 1.29 is 4.74 Å². The van der Waals surface area contributed by atoms with Crippen molar-refractivity contribution in [1.82, 2.24) is 5.32 Å². The van der Waals surface area contributed by atoms with Gasteiger partial charge < -0.3 is 10.1 Å². The van der Waals surface area contributed by atoms with E-state index in [1.807, 2.05) is 0 Å². The smallest absolute Gasteiger partial charge is 0.0488 e. The molecule has 0 saturated heterocycles. The molecule has 1 unspecified atom stereocenters. The molecule has 1 aliphatic rings. The molecule has 16 heavy (non-hydrogen) atoms. The zero-order chi connectivity index (χ0) is 12.0.